The first kappa shape index (κ1) is 12.0. The van der Waals surface area contributed by atoms with Gasteiger partial charge in [0, 0.05) is 29.9 Å². The van der Waals surface area contributed by atoms with Crippen molar-refractivity contribution < 1.29 is 0 Å². The Morgan fingerprint density at radius 1 is 1.53 bits per heavy atom. The number of fused-ring (bicyclic) bond motifs is 1. The maximum Gasteiger partial charge on any atom is 0.102 e. The predicted octanol–water partition coefficient (Wildman–Crippen LogP) is 2.39. The summed E-state index contributed by atoms with van der Waals surface area (Å²) in [5.41, 5.74) is 8.56. The van der Waals surface area contributed by atoms with Crippen LogP contribution in [0.2, 0.25) is 0 Å². The van der Waals surface area contributed by atoms with Crippen molar-refractivity contribution in [1.29, 1.82) is 5.26 Å². The summed E-state index contributed by atoms with van der Waals surface area (Å²) in [7, 11) is 0. The van der Waals surface area contributed by atoms with Crippen LogP contribution in [0.4, 0.5) is 0 Å². The molecule has 4 heteroatoms. The van der Waals surface area contributed by atoms with Gasteiger partial charge in [-0.05, 0) is 24.6 Å². The van der Waals surface area contributed by atoms with Gasteiger partial charge in [0.05, 0.1) is 11.1 Å². The van der Waals surface area contributed by atoms with E-state index < -0.39 is 0 Å². The van der Waals surface area contributed by atoms with Gasteiger partial charge in [-0.25, -0.2) is 0 Å². The zero-order valence-electron chi connectivity index (χ0n) is 9.76. The van der Waals surface area contributed by atoms with E-state index in [0.29, 0.717) is 0 Å². The van der Waals surface area contributed by atoms with Gasteiger partial charge in [0.2, 0.25) is 0 Å². The molecular formula is C13H15N3S. The minimum atomic E-state index is 0.197. The molecule has 0 saturated carbocycles. The summed E-state index contributed by atoms with van der Waals surface area (Å²) in [6.07, 6.45) is 4.00. The van der Waals surface area contributed by atoms with E-state index in [1.54, 1.807) is 11.8 Å². The lowest BCUT2D eigenvalue weighted by Crippen LogP contribution is -2.17. The SMILES string of the molecule is CC(N)CSCc1cn2ccccc2c1C#N. The van der Waals surface area contributed by atoms with Crippen LogP contribution in [0, 0.1) is 11.3 Å². The van der Waals surface area contributed by atoms with E-state index in [-0.39, 0.29) is 6.04 Å². The van der Waals surface area contributed by atoms with Crippen molar-refractivity contribution >= 4 is 17.3 Å². The summed E-state index contributed by atoms with van der Waals surface area (Å²) in [5, 5.41) is 9.22. The van der Waals surface area contributed by atoms with Gasteiger partial charge in [-0.2, -0.15) is 17.0 Å². The van der Waals surface area contributed by atoms with Crippen molar-refractivity contribution in [3.05, 3.63) is 41.7 Å². The molecule has 0 aliphatic carbocycles. The van der Waals surface area contributed by atoms with Crippen molar-refractivity contribution in [3.63, 3.8) is 0 Å². The summed E-state index contributed by atoms with van der Waals surface area (Å²) in [6, 6.07) is 8.38. The Balaban J connectivity index is 2.25. The van der Waals surface area contributed by atoms with Crippen molar-refractivity contribution in [1.82, 2.24) is 4.40 Å². The smallest absolute Gasteiger partial charge is 0.102 e. The van der Waals surface area contributed by atoms with E-state index in [4.69, 9.17) is 5.73 Å². The molecule has 0 saturated heterocycles. The van der Waals surface area contributed by atoms with Gasteiger partial charge in [0.25, 0.3) is 0 Å². The minimum Gasteiger partial charge on any atom is -0.327 e. The lowest BCUT2D eigenvalue weighted by Gasteiger charge is -2.03. The monoisotopic (exact) mass is 245 g/mol. The van der Waals surface area contributed by atoms with Crippen molar-refractivity contribution in [3.8, 4) is 6.07 Å². The molecule has 0 aliphatic rings. The first-order valence-electron chi connectivity index (χ1n) is 5.54. The Hall–Kier alpha value is -1.44. The summed E-state index contributed by atoms with van der Waals surface area (Å²) in [6.45, 7) is 1.99. The summed E-state index contributed by atoms with van der Waals surface area (Å²) < 4.78 is 2.00. The Morgan fingerprint density at radius 2 is 2.35 bits per heavy atom. The van der Waals surface area contributed by atoms with Gasteiger partial charge >= 0.3 is 0 Å². The van der Waals surface area contributed by atoms with Crippen LogP contribution < -0.4 is 5.73 Å². The molecule has 2 aromatic rings. The second-order valence-corrected chi connectivity index (χ2v) is 5.16. The molecule has 0 amide bonds. The van der Waals surface area contributed by atoms with Crippen LogP contribution in [0.25, 0.3) is 5.52 Å². The number of hydrogen-bond acceptors (Lipinski definition) is 3. The topological polar surface area (TPSA) is 54.2 Å². The molecule has 3 nitrogen and oxygen atoms in total. The normalized spacial score (nSPS) is 12.5. The number of pyridine rings is 1. The molecule has 0 spiro atoms. The Morgan fingerprint density at radius 3 is 3.06 bits per heavy atom. The maximum absolute atomic E-state index is 9.22. The number of hydrogen-bond donors (Lipinski definition) is 1. The maximum atomic E-state index is 9.22. The van der Waals surface area contributed by atoms with Gasteiger partial charge in [-0.1, -0.05) is 6.07 Å². The molecule has 0 aromatic carbocycles. The molecule has 2 heterocycles. The third-order valence-corrected chi connectivity index (χ3v) is 3.79. The van der Waals surface area contributed by atoms with Crippen LogP contribution >= 0.6 is 11.8 Å². The number of nitrogens with zero attached hydrogens (tertiary/aromatic N) is 2. The van der Waals surface area contributed by atoms with E-state index >= 15 is 0 Å². The fraction of sp³-hybridized carbons (Fsp3) is 0.308. The summed E-state index contributed by atoms with van der Waals surface area (Å²) in [4.78, 5) is 0. The van der Waals surface area contributed by atoms with Gasteiger partial charge in [-0.15, -0.1) is 0 Å². The number of nitrogens with two attached hydrogens (primary N) is 1. The largest absolute Gasteiger partial charge is 0.327 e. The Bertz CT molecular complexity index is 551. The highest BCUT2D eigenvalue weighted by Gasteiger charge is 2.09. The van der Waals surface area contributed by atoms with Crippen LogP contribution in [0.15, 0.2) is 30.6 Å². The average molecular weight is 245 g/mol. The highest BCUT2D eigenvalue weighted by atomic mass is 32.2. The number of nitriles is 1. The van der Waals surface area contributed by atoms with Gasteiger partial charge in [-0.3, -0.25) is 0 Å². The quantitative estimate of drug-likeness (QED) is 0.899. The highest BCUT2D eigenvalue weighted by molar-refractivity contribution is 7.98. The first-order chi connectivity index (χ1) is 8.22. The minimum absolute atomic E-state index is 0.197. The van der Waals surface area contributed by atoms with Crippen LogP contribution in [0.5, 0.6) is 0 Å². The standard InChI is InChI=1S/C13H15N3S/c1-10(15)8-17-9-11-7-16-5-3-2-4-13(16)12(11)6-14/h2-5,7,10H,8-9,15H2,1H3. The van der Waals surface area contributed by atoms with E-state index in [9.17, 15) is 5.26 Å². The molecule has 0 bridgehead atoms. The number of rotatable bonds is 4. The molecule has 2 rings (SSSR count). The molecule has 17 heavy (non-hydrogen) atoms. The lowest BCUT2D eigenvalue weighted by atomic mass is 10.2. The molecule has 88 valence electrons. The molecule has 0 radical (unpaired) electrons. The van der Waals surface area contributed by atoms with E-state index in [1.165, 1.54) is 0 Å². The number of thioether (sulfide) groups is 1. The zero-order valence-corrected chi connectivity index (χ0v) is 10.6. The summed E-state index contributed by atoms with van der Waals surface area (Å²) in [5.74, 6) is 1.75. The Labute approximate surface area is 105 Å². The van der Waals surface area contributed by atoms with Crippen molar-refractivity contribution in [2.24, 2.45) is 5.73 Å². The molecule has 0 aliphatic heterocycles. The molecule has 0 fully saturated rings. The molecule has 1 unspecified atom stereocenters. The van der Waals surface area contributed by atoms with E-state index in [2.05, 4.69) is 6.07 Å². The fourth-order valence-electron chi connectivity index (χ4n) is 1.77. The second kappa shape index (κ2) is 5.26. The van der Waals surface area contributed by atoms with Crippen LogP contribution in [0.1, 0.15) is 18.1 Å². The van der Waals surface area contributed by atoms with Gasteiger partial charge in [0.15, 0.2) is 0 Å². The third-order valence-electron chi connectivity index (χ3n) is 2.51. The zero-order chi connectivity index (χ0) is 12.3. The van der Waals surface area contributed by atoms with Crippen LogP contribution in [0.3, 0.4) is 0 Å². The van der Waals surface area contributed by atoms with Gasteiger partial charge in [0.1, 0.15) is 6.07 Å². The second-order valence-electron chi connectivity index (χ2n) is 4.13. The molecule has 2 aromatic heterocycles. The van der Waals surface area contributed by atoms with E-state index in [1.807, 2.05) is 41.9 Å². The highest BCUT2D eigenvalue weighted by Crippen LogP contribution is 2.22. The first-order valence-corrected chi connectivity index (χ1v) is 6.70. The number of aromatic nitrogens is 1. The lowest BCUT2D eigenvalue weighted by molar-refractivity contribution is 0.847. The average Bonchev–Trinajstić information content (AvgIpc) is 2.66. The molecule has 1 atom stereocenters. The fourth-order valence-corrected chi connectivity index (χ4v) is 2.70. The van der Waals surface area contributed by atoms with Crippen molar-refractivity contribution in [2.45, 2.75) is 18.7 Å². The predicted molar refractivity (Wildman–Crippen MR) is 71.9 cm³/mol. The van der Waals surface area contributed by atoms with Gasteiger partial charge < -0.3 is 10.1 Å². The molecule has 2 N–H and O–H groups in total. The van der Waals surface area contributed by atoms with Crippen molar-refractivity contribution in [2.75, 3.05) is 5.75 Å². The third kappa shape index (κ3) is 2.63. The van der Waals surface area contributed by atoms with Crippen LogP contribution in [-0.4, -0.2) is 16.2 Å². The van der Waals surface area contributed by atoms with Crippen LogP contribution in [-0.2, 0) is 5.75 Å². The van der Waals surface area contributed by atoms with E-state index in [0.717, 1.165) is 28.1 Å². The molecular weight excluding hydrogens is 230 g/mol. The summed E-state index contributed by atoms with van der Waals surface area (Å²) >= 11 is 1.77. The Kier molecular flexibility index (Phi) is 3.72.